The maximum atomic E-state index is 10.2. The fourth-order valence-electron chi connectivity index (χ4n) is 2.82. The first-order valence-electron chi connectivity index (χ1n) is 6.98. The van der Waals surface area contributed by atoms with Gasteiger partial charge in [0.1, 0.15) is 0 Å². The second-order valence-corrected chi connectivity index (χ2v) is 6.57. The predicted octanol–water partition coefficient (Wildman–Crippen LogP) is 1.17. The Morgan fingerprint density at radius 2 is 2.05 bits per heavy atom. The van der Waals surface area contributed by atoms with Gasteiger partial charge < -0.3 is 15.7 Å². The Balaban J connectivity index is 1.91. The largest absolute Gasteiger partial charge is 0.396 e. The highest BCUT2D eigenvalue weighted by molar-refractivity contribution is 5.46. The van der Waals surface area contributed by atoms with E-state index in [1.54, 1.807) is 0 Å². The van der Waals surface area contributed by atoms with Crippen LogP contribution in [-0.2, 0) is 6.54 Å². The van der Waals surface area contributed by atoms with Gasteiger partial charge in [-0.2, -0.15) is 5.10 Å². The molecule has 1 saturated heterocycles. The van der Waals surface area contributed by atoms with Gasteiger partial charge in [-0.3, -0.25) is 4.68 Å². The van der Waals surface area contributed by atoms with E-state index in [1.165, 1.54) is 6.42 Å². The second kappa shape index (κ2) is 5.13. The number of aryl methyl sites for hydroxylation is 1. The third-order valence-electron chi connectivity index (χ3n) is 4.05. The molecule has 0 saturated carbocycles. The van der Waals surface area contributed by atoms with Gasteiger partial charge in [0.15, 0.2) is 0 Å². The molecule has 5 heteroatoms. The van der Waals surface area contributed by atoms with E-state index in [9.17, 15) is 5.11 Å². The van der Waals surface area contributed by atoms with Crippen LogP contribution in [0.1, 0.15) is 31.7 Å². The molecular weight excluding hydrogens is 240 g/mol. The lowest BCUT2D eigenvalue weighted by Gasteiger charge is -2.22. The van der Waals surface area contributed by atoms with Crippen molar-refractivity contribution in [1.82, 2.24) is 14.7 Å². The molecule has 1 aromatic rings. The quantitative estimate of drug-likeness (QED) is 0.858. The molecule has 0 bridgehead atoms. The van der Waals surface area contributed by atoms with Crippen LogP contribution in [0.15, 0.2) is 0 Å². The third-order valence-corrected chi connectivity index (χ3v) is 4.05. The molecule has 1 unspecified atom stereocenters. The molecule has 0 amide bonds. The molecule has 1 aliphatic heterocycles. The van der Waals surface area contributed by atoms with Crippen LogP contribution in [0.5, 0.6) is 0 Å². The van der Waals surface area contributed by atoms with Gasteiger partial charge in [0.2, 0.25) is 0 Å². The number of β-amino-alcohol motifs (C(OH)–C–C–N with tert-alkyl or cyclic N) is 1. The Hall–Kier alpha value is -1.07. The summed E-state index contributed by atoms with van der Waals surface area (Å²) in [5.74, 6) is 0. The van der Waals surface area contributed by atoms with E-state index in [1.807, 2.05) is 18.5 Å². The molecule has 108 valence electrons. The molecular formula is C14H26N4O. The summed E-state index contributed by atoms with van der Waals surface area (Å²) in [6, 6.07) is 0. The summed E-state index contributed by atoms with van der Waals surface area (Å²) in [6.45, 7) is 11.8. The Labute approximate surface area is 115 Å². The third kappa shape index (κ3) is 3.28. The van der Waals surface area contributed by atoms with Crippen molar-refractivity contribution < 1.29 is 5.11 Å². The zero-order chi connectivity index (χ0) is 14.2. The maximum absolute atomic E-state index is 10.2. The smallest absolute Gasteiger partial charge is 0.0862 e. The van der Waals surface area contributed by atoms with Crippen LogP contribution in [0.2, 0.25) is 0 Å². The molecule has 0 radical (unpaired) electrons. The summed E-state index contributed by atoms with van der Waals surface area (Å²) in [6.07, 6.45) is 0.804. The fourth-order valence-corrected chi connectivity index (χ4v) is 2.82. The number of nitrogens with two attached hydrogens (primary N) is 1. The summed E-state index contributed by atoms with van der Waals surface area (Å²) in [7, 11) is 0. The summed E-state index contributed by atoms with van der Waals surface area (Å²) >= 11 is 0. The monoisotopic (exact) mass is 266 g/mol. The van der Waals surface area contributed by atoms with Crippen LogP contribution in [-0.4, -0.2) is 45.5 Å². The van der Waals surface area contributed by atoms with E-state index in [-0.39, 0.29) is 0 Å². The van der Waals surface area contributed by atoms with E-state index in [4.69, 9.17) is 5.73 Å². The molecule has 2 heterocycles. The van der Waals surface area contributed by atoms with Crippen molar-refractivity contribution in [3.8, 4) is 0 Å². The van der Waals surface area contributed by atoms with Gasteiger partial charge in [0, 0.05) is 13.1 Å². The van der Waals surface area contributed by atoms with Crippen molar-refractivity contribution in [2.45, 2.75) is 46.8 Å². The number of hydrogen-bond donors (Lipinski definition) is 2. The number of nitrogens with zero attached hydrogens (tertiary/aromatic N) is 3. The molecule has 0 spiro atoms. The number of rotatable bonds is 4. The predicted molar refractivity (Wildman–Crippen MR) is 77.0 cm³/mol. The standard InChI is InChI=1S/C14H26N4O/c1-10-13(15)11(2)18(16-10)8-12(19)7-17-6-5-14(3,4)9-17/h12,19H,5-9,15H2,1-4H3. The van der Waals surface area contributed by atoms with Gasteiger partial charge in [-0.15, -0.1) is 0 Å². The first-order valence-corrected chi connectivity index (χ1v) is 6.98. The molecule has 3 N–H and O–H groups in total. The van der Waals surface area contributed by atoms with Gasteiger partial charge in [-0.25, -0.2) is 0 Å². The van der Waals surface area contributed by atoms with Crippen molar-refractivity contribution in [1.29, 1.82) is 0 Å². The number of hydrogen-bond acceptors (Lipinski definition) is 4. The summed E-state index contributed by atoms with van der Waals surface area (Å²) in [5, 5.41) is 14.6. The molecule has 5 nitrogen and oxygen atoms in total. The van der Waals surface area contributed by atoms with E-state index in [2.05, 4.69) is 23.8 Å². The lowest BCUT2D eigenvalue weighted by atomic mass is 9.93. The van der Waals surface area contributed by atoms with Crippen molar-refractivity contribution in [3.63, 3.8) is 0 Å². The Kier molecular flexibility index (Phi) is 3.87. The highest BCUT2D eigenvalue weighted by Gasteiger charge is 2.30. The maximum Gasteiger partial charge on any atom is 0.0862 e. The van der Waals surface area contributed by atoms with Gasteiger partial charge in [0.25, 0.3) is 0 Å². The van der Waals surface area contributed by atoms with Crippen LogP contribution in [0.3, 0.4) is 0 Å². The molecule has 0 aromatic carbocycles. The van der Waals surface area contributed by atoms with Gasteiger partial charge in [-0.05, 0) is 32.2 Å². The topological polar surface area (TPSA) is 67.3 Å². The van der Waals surface area contributed by atoms with Crippen LogP contribution in [0.4, 0.5) is 5.69 Å². The van der Waals surface area contributed by atoms with Gasteiger partial charge in [0.05, 0.1) is 29.7 Å². The first-order chi connectivity index (χ1) is 8.78. The molecule has 0 aliphatic carbocycles. The average molecular weight is 266 g/mol. The highest BCUT2D eigenvalue weighted by atomic mass is 16.3. The van der Waals surface area contributed by atoms with Crippen LogP contribution in [0.25, 0.3) is 0 Å². The van der Waals surface area contributed by atoms with Gasteiger partial charge in [-0.1, -0.05) is 13.8 Å². The number of aromatic nitrogens is 2. The van der Waals surface area contributed by atoms with E-state index in [0.29, 0.717) is 18.5 Å². The SMILES string of the molecule is Cc1nn(CC(O)CN2CCC(C)(C)C2)c(C)c1N. The minimum absolute atomic E-state index is 0.377. The molecule has 1 aliphatic rings. The number of aliphatic hydroxyl groups is 1. The van der Waals surface area contributed by atoms with Gasteiger partial charge >= 0.3 is 0 Å². The van der Waals surface area contributed by atoms with Crippen molar-refractivity contribution >= 4 is 5.69 Å². The summed E-state index contributed by atoms with van der Waals surface area (Å²) in [4.78, 5) is 2.33. The van der Waals surface area contributed by atoms with Crippen molar-refractivity contribution in [2.75, 3.05) is 25.4 Å². The Bertz CT molecular complexity index is 453. The molecule has 2 rings (SSSR count). The Morgan fingerprint density at radius 3 is 2.53 bits per heavy atom. The number of nitrogen functional groups attached to an aromatic ring is 1. The average Bonchev–Trinajstić information content (AvgIpc) is 2.75. The fraction of sp³-hybridized carbons (Fsp3) is 0.786. The van der Waals surface area contributed by atoms with E-state index < -0.39 is 6.10 Å². The summed E-state index contributed by atoms with van der Waals surface area (Å²) in [5.41, 5.74) is 8.79. The summed E-state index contributed by atoms with van der Waals surface area (Å²) < 4.78 is 1.82. The number of anilines is 1. The zero-order valence-corrected chi connectivity index (χ0v) is 12.5. The second-order valence-electron chi connectivity index (χ2n) is 6.57. The molecule has 1 atom stereocenters. The van der Waals surface area contributed by atoms with Crippen LogP contribution < -0.4 is 5.73 Å². The highest BCUT2D eigenvalue weighted by Crippen LogP contribution is 2.28. The van der Waals surface area contributed by atoms with Crippen LogP contribution in [0, 0.1) is 19.3 Å². The number of aliphatic hydroxyl groups excluding tert-OH is 1. The minimum Gasteiger partial charge on any atom is -0.396 e. The van der Waals surface area contributed by atoms with E-state index >= 15 is 0 Å². The number of likely N-dealkylation sites (tertiary alicyclic amines) is 1. The Morgan fingerprint density at radius 1 is 1.37 bits per heavy atom. The van der Waals surface area contributed by atoms with Crippen LogP contribution >= 0.6 is 0 Å². The van der Waals surface area contributed by atoms with Crippen molar-refractivity contribution in [2.24, 2.45) is 5.41 Å². The first kappa shape index (κ1) is 14.3. The van der Waals surface area contributed by atoms with Crippen molar-refractivity contribution in [3.05, 3.63) is 11.4 Å². The molecule has 19 heavy (non-hydrogen) atoms. The zero-order valence-electron chi connectivity index (χ0n) is 12.5. The normalized spacial score (nSPS) is 20.9. The van der Waals surface area contributed by atoms with E-state index in [0.717, 1.165) is 30.2 Å². The lowest BCUT2D eigenvalue weighted by Crippen LogP contribution is -2.34. The molecule has 1 aromatic heterocycles. The lowest BCUT2D eigenvalue weighted by molar-refractivity contribution is 0.101. The molecule has 1 fully saturated rings. The minimum atomic E-state index is -0.397.